The molecule has 2 N–H and O–H groups in total. The molecule has 5 heteroatoms. The second-order valence-electron chi connectivity index (χ2n) is 2.39. The van der Waals surface area contributed by atoms with Crippen molar-refractivity contribution in [3.63, 3.8) is 0 Å². The van der Waals surface area contributed by atoms with Crippen molar-refractivity contribution in [2.24, 2.45) is 5.73 Å². The van der Waals surface area contributed by atoms with Gasteiger partial charge in [-0.25, -0.2) is 8.78 Å². The fourth-order valence-corrected chi connectivity index (χ4v) is 2.36. The van der Waals surface area contributed by atoms with Crippen molar-refractivity contribution >= 4 is 27.3 Å². The van der Waals surface area contributed by atoms with Gasteiger partial charge in [0.1, 0.15) is 0 Å². The Morgan fingerprint density at radius 3 is 2.67 bits per heavy atom. The van der Waals surface area contributed by atoms with E-state index in [4.69, 9.17) is 5.73 Å². The van der Waals surface area contributed by atoms with Crippen LogP contribution in [-0.4, -0.2) is 12.5 Å². The fourth-order valence-electron chi connectivity index (χ4n) is 0.774. The lowest BCUT2D eigenvalue weighted by Gasteiger charge is -2.08. The highest BCUT2D eigenvalue weighted by Gasteiger charge is 2.17. The molecule has 1 nitrogen and oxygen atoms in total. The van der Waals surface area contributed by atoms with Crippen LogP contribution in [0.5, 0.6) is 0 Å². The third kappa shape index (κ3) is 2.50. The van der Waals surface area contributed by atoms with Crippen molar-refractivity contribution in [2.45, 2.75) is 18.9 Å². The number of halogens is 3. The Morgan fingerprint density at radius 1 is 1.58 bits per heavy atom. The molecular weight excluding hydrogens is 248 g/mol. The zero-order valence-corrected chi connectivity index (χ0v) is 8.54. The molecular formula is C7H8BrF2NS. The fraction of sp³-hybridized carbons (Fsp3) is 0.429. The Morgan fingerprint density at radius 2 is 2.25 bits per heavy atom. The van der Waals surface area contributed by atoms with Crippen molar-refractivity contribution < 1.29 is 8.78 Å². The largest absolute Gasteiger partial charge is 0.323 e. The minimum absolute atomic E-state index is 0.232. The third-order valence-electron chi connectivity index (χ3n) is 1.44. The molecule has 0 aliphatic heterocycles. The summed E-state index contributed by atoms with van der Waals surface area (Å²) < 4.78 is 24.9. The van der Waals surface area contributed by atoms with Crippen LogP contribution in [0.15, 0.2) is 15.9 Å². The van der Waals surface area contributed by atoms with Crippen LogP contribution in [0.25, 0.3) is 0 Å². The van der Waals surface area contributed by atoms with Gasteiger partial charge in [-0.05, 0) is 27.4 Å². The van der Waals surface area contributed by atoms with Gasteiger partial charge in [-0.3, -0.25) is 0 Å². The van der Waals surface area contributed by atoms with E-state index < -0.39 is 12.5 Å². The lowest BCUT2D eigenvalue weighted by atomic mass is 10.2. The maximum absolute atomic E-state index is 12.0. The average molecular weight is 256 g/mol. The predicted molar refractivity (Wildman–Crippen MR) is 49.7 cm³/mol. The summed E-state index contributed by atoms with van der Waals surface area (Å²) in [5.74, 6) is 0. The first-order valence-electron chi connectivity index (χ1n) is 3.37. The molecule has 0 spiro atoms. The van der Waals surface area contributed by atoms with Gasteiger partial charge in [0.25, 0.3) is 6.43 Å². The van der Waals surface area contributed by atoms with Crippen LogP contribution in [0.2, 0.25) is 0 Å². The van der Waals surface area contributed by atoms with E-state index in [1.165, 1.54) is 11.3 Å². The number of alkyl halides is 2. The van der Waals surface area contributed by atoms with E-state index in [1.54, 1.807) is 0 Å². The van der Waals surface area contributed by atoms with Gasteiger partial charge in [0, 0.05) is 15.8 Å². The lowest BCUT2D eigenvalue weighted by molar-refractivity contribution is 0.116. The quantitative estimate of drug-likeness (QED) is 0.883. The van der Waals surface area contributed by atoms with Gasteiger partial charge < -0.3 is 5.73 Å². The number of nitrogens with two attached hydrogens (primary N) is 1. The first kappa shape index (κ1) is 10.1. The van der Waals surface area contributed by atoms with Crippen molar-refractivity contribution in [2.75, 3.05) is 0 Å². The Balaban J connectivity index is 2.58. The summed E-state index contributed by atoms with van der Waals surface area (Å²) >= 11 is 4.69. The van der Waals surface area contributed by atoms with Gasteiger partial charge >= 0.3 is 0 Å². The molecule has 0 bridgehead atoms. The average Bonchev–Trinajstić information content (AvgIpc) is 2.36. The number of hydrogen-bond donors (Lipinski definition) is 1. The first-order chi connectivity index (χ1) is 5.61. The minimum Gasteiger partial charge on any atom is -0.323 e. The first-order valence-corrected chi connectivity index (χ1v) is 5.04. The van der Waals surface area contributed by atoms with E-state index in [0.717, 1.165) is 9.35 Å². The normalized spacial score (nSPS) is 13.8. The SMILES string of the molecule is NC(Cc1sccc1Br)C(F)F. The van der Waals surface area contributed by atoms with Crippen molar-refractivity contribution in [3.05, 3.63) is 20.8 Å². The van der Waals surface area contributed by atoms with Gasteiger partial charge in [-0.2, -0.15) is 0 Å². The molecule has 1 unspecified atom stereocenters. The number of hydrogen-bond acceptors (Lipinski definition) is 2. The molecule has 1 aromatic rings. The Bertz CT molecular complexity index is 251. The number of thiophene rings is 1. The van der Waals surface area contributed by atoms with E-state index in [0.29, 0.717) is 0 Å². The van der Waals surface area contributed by atoms with Crippen LogP contribution in [0.3, 0.4) is 0 Å². The third-order valence-corrected chi connectivity index (χ3v) is 3.38. The van der Waals surface area contributed by atoms with E-state index in [2.05, 4.69) is 15.9 Å². The van der Waals surface area contributed by atoms with Crippen molar-refractivity contribution in [1.29, 1.82) is 0 Å². The molecule has 0 aliphatic carbocycles. The Labute approximate surface area is 81.7 Å². The molecule has 1 atom stereocenters. The molecule has 1 aromatic heterocycles. The van der Waals surface area contributed by atoms with E-state index in [-0.39, 0.29) is 6.42 Å². The molecule has 12 heavy (non-hydrogen) atoms. The predicted octanol–water partition coefficient (Wildman–Crippen LogP) is 2.65. The van der Waals surface area contributed by atoms with Gasteiger partial charge in [0.05, 0.1) is 6.04 Å². The Hall–Kier alpha value is -0.0000000000000000555. The van der Waals surface area contributed by atoms with E-state index in [1.807, 2.05) is 11.4 Å². The van der Waals surface area contributed by atoms with E-state index >= 15 is 0 Å². The summed E-state index contributed by atoms with van der Waals surface area (Å²) in [4.78, 5) is 0.878. The summed E-state index contributed by atoms with van der Waals surface area (Å²) in [6.07, 6.45) is -2.21. The van der Waals surface area contributed by atoms with Crippen LogP contribution >= 0.6 is 27.3 Å². The summed E-state index contributed by atoms with van der Waals surface area (Å²) in [5, 5.41) is 1.84. The Kier molecular flexibility index (Phi) is 3.61. The maximum Gasteiger partial charge on any atom is 0.253 e. The smallest absolute Gasteiger partial charge is 0.253 e. The molecule has 0 aliphatic rings. The van der Waals surface area contributed by atoms with Crippen molar-refractivity contribution in [1.82, 2.24) is 0 Å². The molecule has 1 rings (SSSR count). The van der Waals surface area contributed by atoms with Gasteiger partial charge in [0.15, 0.2) is 0 Å². The maximum atomic E-state index is 12.0. The highest BCUT2D eigenvalue weighted by Crippen LogP contribution is 2.24. The summed E-state index contributed by atoms with van der Waals surface area (Å²) in [6, 6.07) is 0.776. The highest BCUT2D eigenvalue weighted by molar-refractivity contribution is 9.10. The topological polar surface area (TPSA) is 26.0 Å². The minimum atomic E-state index is -2.45. The molecule has 1 heterocycles. The second-order valence-corrected chi connectivity index (χ2v) is 4.25. The van der Waals surface area contributed by atoms with Crippen LogP contribution in [0, 0.1) is 0 Å². The van der Waals surface area contributed by atoms with Gasteiger partial charge in [-0.1, -0.05) is 0 Å². The summed E-state index contributed by atoms with van der Waals surface area (Å²) in [6.45, 7) is 0. The molecule has 0 aromatic carbocycles. The van der Waals surface area contributed by atoms with Crippen LogP contribution in [0.4, 0.5) is 8.78 Å². The van der Waals surface area contributed by atoms with Crippen LogP contribution in [-0.2, 0) is 6.42 Å². The standard InChI is InChI=1S/C7H8BrF2NS/c8-4-1-2-12-6(4)3-5(11)7(9)10/h1-2,5,7H,3,11H2. The van der Waals surface area contributed by atoms with Crippen LogP contribution < -0.4 is 5.73 Å². The summed E-state index contributed by atoms with van der Waals surface area (Å²) in [7, 11) is 0. The van der Waals surface area contributed by atoms with Crippen LogP contribution in [0.1, 0.15) is 4.88 Å². The number of rotatable bonds is 3. The van der Waals surface area contributed by atoms with Gasteiger partial charge in [-0.15, -0.1) is 11.3 Å². The molecule has 0 radical (unpaired) electrons. The lowest BCUT2D eigenvalue weighted by Crippen LogP contribution is -2.30. The molecule has 0 saturated heterocycles. The zero-order valence-electron chi connectivity index (χ0n) is 6.14. The van der Waals surface area contributed by atoms with Gasteiger partial charge in [0.2, 0.25) is 0 Å². The molecule has 68 valence electrons. The zero-order chi connectivity index (χ0) is 9.14. The second kappa shape index (κ2) is 4.30. The van der Waals surface area contributed by atoms with E-state index in [9.17, 15) is 8.78 Å². The molecule has 0 saturated carbocycles. The molecule has 0 fully saturated rings. The molecule has 0 amide bonds. The van der Waals surface area contributed by atoms with Crippen molar-refractivity contribution in [3.8, 4) is 0 Å². The monoisotopic (exact) mass is 255 g/mol. The summed E-state index contributed by atoms with van der Waals surface area (Å²) in [5.41, 5.74) is 5.21. The highest BCUT2D eigenvalue weighted by atomic mass is 79.9.